The van der Waals surface area contributed by atoms with Gasteiger partial charge in [0.05, 0.1) is 24.6 Å². The molecule has 0 fully saturated rings. The smallest absolute Gasteiger partial charge is 0.224 e. The molecule has 0 aliphatic heterocycles. The van der Waals surface area contributed by atoms with E-state index in [4.69, 9.17) is 4.42 Å². The number of carbonyl (C=O) groups excluding carboxylic acids is 1. The largest absolute Gasteiger partial charge is 0.472 e. The summed E-state index contributed by atoms with van der Waals surface area (Å²) in [5.41, 5.74) is 2.61. The van der Waals surface area contributed by atoms with Gasteiger partial charge in [-0.05, 0) is 29.3 Å². The third kappa shape index (κ3) is 3.84. The van der Waals surface area contributed by atoms with Crippen LogP contribution >= 0.6 is 0 Å². The average molecular weight is 328 g/mol. The van der Waals surface area contributed by atoms with Crippen LogP contribution in [0.3, 0.4) is 0 Å². The third-order valence-electron chi connectivity index (χ3n) is 3.50. The molecule has 3 aromatic rings. The zero-order valence-corrected chi connectivity index (χ0v) is 12.6. The van der Waals surface area contributed by atoms with Gasteiger partial charge in [-0.1, -0.05) is 12.1 Å². The van der Waals surface area contributed by atoms with Crippen molar-refractivity contribution in [1.82, 2.24) is 10.3 Å². The lowest BCUT2D eigenvalue weighted by molar-refractivity contribution is -0.120. The number of amides is 1. The fourth-order valence-electron chi connectivity index (χ4n) is 2.21. The van der Waals surface area contributed by atoms with Crippen molar-refractivity contribution in [2.75, 3.05) is 0 Å². The quantitative estimate of drug-likeness (QED) is 0.780. The molecular formula is C18H14F2N2O2. The number of hydrogen-bond donors (Lipinski definition) is 1. The minimum Gasteiger partial charge on any atom is -0.472 e. The summed E-state index contributed by atoms with van der Waals surface area (Å²) in [5, 5.41) is 2.69. The van der Waals surface area contributed by atoms with Crippen molar-refractivity contribution < 1.29 is 18.0 Å². The second-order valence-electron chi connectivity index (χ2n) is 5.25. The summed E-state index contributed by atoms with van der Waals surface area (Å²) in [4.78, 5) is 16.2. The molecule has 3 rings (SSSR count). The molecule has 0 bridgehead atoms. The molecule has 6 heteroatoms. The monoisotopic (exact) mass is 328 g/mol. The number of nitrogens with one attached hydrogen (secondary N) is 1. The minimum absolute atomic E-state index is 0.146. The second kappa shape index (κ2) is 7.04. The van der Waals surface area contributed by atoms with Crippen LogP contribution in [-0.4, -0.2) is 10.9 Å². The maximum absolute atomic E-state index is 13.5. The van der Waals surface area contributed by atoms with Crippen LogP contribution in [0.4, 0.5) is 8.78 Å². The van der Waals surface area contributed by atoms with Gasteiger partial charge in [-0.25, -0.2) is 8.78 Å². The summed E-state index contributed by atoms with van der Waals surface area (Å²) in [6.45, 7) is 0.278. The molecule has 2 aromatic heterocycles. The third-order valence-corrected chi connectivity index (χ3v) is 3.50. The zero-order valence-electron chi connectivity index (χ0n) is 12.6. The Hall–Kier alpha value is -3.02. The maximum Gasteiger partial charge on any atom is 0.224 e. The van der Waals surface area contributed by atoms with E-state index in [0.29, 0.717) is 0 Å². The van der Waals surface area contributed by atoms with Gasteiger partial charge in [0.1, 0.15) is 11.6 Å². The molecule has 0 spiro atoms. The van der Waals surface area contributed by atoms with Crippen molar-refractivity contribution in [1.29, 1.82) is 0 Å². The Bertz CT molecular complexity index is 831. The summed E-state index contributed by atoms with van der Waals surface area (Å²) < 4.78 is 31.4. The number of pyridine rings is 1. The molecule has 1 N–H and O–H groups in total. The summed E-state index contributed by atoms with van der Waals surface area (Å²) in [6.07, 6.45) is 4.68. The fourth-order valence-corrected chi connectivity index (χ4v) is 2.21. The van der Waals surface area contributed by atoms with Crippen LogP contribution in [0, 0.1) is 11.6 Å². The standard InChI is InChI=1S/C18H14F2N2O2/c19-15-3-2-13(16(20)8-15)7-18(23)22-10-12-1-4-17(21-9-12)14-5-6-24-11-14/h1-6,8-9,11H,7,10H2,(H,22,23). The van der Waals surface area contributed by atoms with Gasteiger partial charge in [-0.15, -0.1) is 0 Å². The molecule has 24 heavy (non-hydrogen) atoms. The van der Waals surface area contributed by atoms with Gasteiger partial charge in [-0.3, -0.25) is 9.78 Å². The molecular weight excluding hydrogens is 314 g/mol. The van der Waals surface area contributed by atoms with E-state index in [1.807, 2.05) is 12.1 Å². The number of aromatic nitrogens is 1. The van der Waals surface area contributed by atoms with E-state index in [2.05, 4.69) is 10.3 Å². The van der Waals surface area contributed by atoms with Crippen LogP contribution in [0.15, 0.2) is 59.5 Å². The first-order valence-corrected chi connectivity index (χ1v) is 7.30. The van der Waals surface area contributed by atoms with Crippen LogP contribution in [0.2, 0.25) is 0 Å². The first-order chi connectivity index (χ1) is 11.6. The van der Waals surface area contributed by atoms with Gasteiger partial charge in [0.15, 0.2) is 0 Å². The Morgan fingerprint density at radius 2 is 2.04 bits per heavy atom. The Morgan fingerprint density at radius 1 is 1.17 bits per heavy atom. The van der Waals surface area contributed by atoms with E-state index in [0.717, 1.165) is 29.0 Å². The van der Waals surface area contributed by atoms with Crippen LogP contribution in [0.25, 0.3) is 11.3 Å². The Balaban J connectivity index is 1.56. The van der Waals surface area contributed by atoms with E-state index in [1.165, 1.54) is 6.07 Å². The molecule has 1 amide bonds. The molecule has 4 nitrogen and oxygen atoms in total. The van der Waals surface area contributed by atoms with Crippen molar-refractivity contribution >= 4 is 5.91 Å². The summed E-state index contributed by atoms with van der Waals surface area (Å²) >= 11 is 0. The zero-order chi connectivity index (χ0) is 16.9. The topological polar surface area (TPSA) is 55.1 Å². The molecule has 2 heterocycles. The van der Waals surface area contributed by atoms with Gasteiger partial charge in [0, 0.05) is 24.4 Å². The Kier molecular flexibility index (Phi) is 4.65. The Morgan fingerprint density at radius 3 is 2.71 bits per heavy atom. The number of nitrogens with zero attached hydrogens (tertiary/aromatic N) is 1. The highest BCUT2D eigenvalue weighted by molar-refractivity contribution is 5.78. The lowest BCUT2D eigenvalue weighted by Gasteiger charge is -2.07. The van der Waals surface area contributed by atoms with Gasteiger partial charge in [-0.2, -0.15) is 0 Å². The van der Waals surface area contributed by atoms with Crippen LogP contribution in [0.5, 0.6) is 0 Å². The normalized spacial score (nSPS) is 10.6. The highest BCUT2D eigenvalue weighted by Gasteiger charge is 2.09. The number of halogens is 2. The molecule has 122 valence electrons. The van der Waals surface area contributed by atoms with E-state index in [9.17, 15) is 13.6 Å². The van der Waals surface area contributed by atoms with E-state index in [1.54, 1.807) is 24.8 Å². The van der Waals surface area contributed by atoms with Gasteiger partial charge < -0.3 is 9.73 Å². The fraction of sp³-hybridized carbons (Fsp3) is 0.111. The molecule has 0 atom stereocenters. The van der Waals surface area contributed by atoms with Crippen LogP contribution in [0.1, 0.15) is 11.1 Å². The van der Waals surface area contributed by atoms with Crippen molar-refractivity contribution in [2.45, 2.75) is 13.0 Å². The second-order valence-corrected chi connectivity index (χ2v) is 5.25. The molecule has 0 unspecified atom stereocenters. The highest BCUT2D eigenvalue weighted by Crippen LogP contribution is 2.17. The number of furan rings is 1. The van der Waals surface area contributed by atoms with E-state index in [-0.39, 0.29) is 24.4 Å². The number of carbonyl (C=O) groups is 1. The summed E-state index contributed by atoms with van der Waals surface area (Å²) in [5.74, 6) is -1.74. The van der Waals surface area contributed by atoms with Crippen molar-refractivity contribution in [3.8, 4) is 11.3 Å². The predicted octanol–water partition coefficient (Wildman–Crippen LogP) is 3.48. The first kappa shape index (κ1) is 15.9. The van der Waals surface area contributed by atoms with Crippen LogP contribution in [-0.2, 0) is 17.8 Å². The van der Waals surface area contributed by atoms with Crippen molar-refractivity contribution in [3.63, 3.8) is 0 Å². The summed E-state index contributed by atoms with van der Waals surface area (Å²) in [7, 11) is 0. The first-order valence-electron chi connectivity index (χ1n) is 7.30. The van der Waals surface area contributed by atoms with E-state index < -0.39 is 11.6 Å². The molecule has 0 radical (unpaired) electrons. The van der Waals surface area contributed by atoms with Gasteiger partial charge >= 0.3 is 0 Å². The molecule has 0 saturated carbocycles. The van der Waals surface area contributed by atoms with Crippen LogP contribution < -0.4 is 5.32 Å². The molecule has 1 aromatic carbocycles. The summed E-state index contributed by atoms with van der Waals surface area (Å²) in [6, 6.07) is 8.64. The van der Waals surface area contributed by atoms with Gasteiger partial charge in [0.2, 0.25) is 5.91 Å². The SMILES string of the molecule is O=C(Cc1ccc(F)cc1F)NCc1ccc(-c2ccoc2)nc1. The lowest BCUT2D eigenvalue weighted by atomic mass is 10.1. The number of rotatable bonds is 5. The van der Waals surface area contributed by atoms with Crippen molar-refractivity contribution in [2.24, 2.45) is 0 Å². The number of benzene rings is 1. The van der Waals surface area contributed by atoms with E-state index >= 15 is 0 Å². The lowest BCUT2D eigenvalue weighted by Crippen LogP contribution is -2.25. The molecule has 0 aliphatic rings. The highest BCUT2D eigenvalue weighted by atomic mass is 19.1. The molecule has 0 saturated heterocycles. The average Bonchev–Trinajstić information content (AvgIpc) is 3.11. The maximum atomic E-state index is 13.5. The Labute approximate surface area is 137 Å². The minimum atomic E-state index is -0.726. The number of hydrogen-bond acceptors (Lipinski definition) is 3. The van der Waals surface area contributed by atoms with Gasteiger partial charge in [0.25, 0.3) is 0 Å². The predicted molar refractivity (Wildman–Crippen MR) is 83.8 cm³/mol. The van der Waals surface area contributed by atoms with Crippen molar-refractivity contribution in [3.05, 3.63) is 77.9 Å². The molecule has 0 aliphatic carbocycles.